The number of thiophene rings is 1. The Morgan fingerprint density at radius 1 is 1.11 bits per heavy atom. The highest BCUT2D eigenvalue weighted by Gasteiger charge is 2.33. The number of hydrazone groups is 1. The van der Waals surface area contributed by atoms with E-state index in [2.05, 4.69) is 11.2 Å². The first-order valence-corrected chi connectivity index (χ1v) is 10.3. The Balaban J connectivity index is 1.32. The third kappa shape index (κ3) is 4.45. The molecule has 1 aliphatic carbocycles. The molecule has 0 atom stereocenters. The van der Waals surface area contributed by atoms with E-state index in [1.54, 1.807) is 11.3 Å². The maximum Gasteiger partial charge on any atom is 0.243 e. The number of hydrogen-bond donors (Lipinski definition) is 0. The molecule has 0 saturated heterocycles. The van der Waals surface area contributed by atoms with Crippen LogP contribution >= 0.6 is 11.3 Å². The second-order valence-electron chi connectivity index (χ2n) is 7.01. The third-order valence-corrected chi connectivity index (χ3v) is 5.82. The van der Waals surface area contributed by atoms with Gasteiger partial charge in [-0.25, -0.2) is 5.01 Å². The maximum absolute atomic E-state index is 12.7. The lowest BCUT2D eigenvalue weighted by Crippen LogP contribution is -2.33. The Kier molecular flexibility index (Phi) is 5.34. The first-order chi connectivity index (χ1) is 13.2. The predicted octanol–water partition coefficient (Wildman–Crippen LogP) is 3.66. The molecule has 1 fully saturated rings. The number of carbonyl (C=O) groups excluding carboxylic acids is 2. The van der Waals surface area contributed by atoms with Gasteiger partial charge in [0.2, 0.25) is 11.8 Å². The van der Waals surface area contributed by atoms with Crippen LogP contribution in [0.2, 0.25) is 0 Å². The van der Waals surface area contributed by atoms with Crippen LogP contribution in [-0.4, -0.2) is 40.0 Å². The summed E-state index contributed by atoms with van der Waals surface area (Å²) in [4.78, 5) is 28.3. The molecule has 0 radical (unpaired) electrons. The minimum Gasteiger partial charge on any atom is -0.335 e. The van der Waals surface area contributed by atoms with Gasteiger partial charge in [0.05, 0.1) is 18.8 Å². The van der Waals surface area contributed by atoms with Crippen LogP contribution in [0.25, 0.3) is 0 Å². The van der Waals surface area contributed by atoms with Gasteiger partial charge in [-0.15, -0.1) is 11.3 Å². The van der Waals surface area contributed by atoms with Crippen molar-refractivity contribution in [2.45, 2.75) is 44.7 Å². The standard InChI is InChI=1S/C21H23N3O2S/c25-20(23(17-8-9-17)15-18-7-4-14-27-18)10-11-21(26)24-13-12-19(22-24)16-5-2-1-3-6-16/h1-7,14,17H,8-13,15H2. The minimum atomic E-state index is -0.0684. The van der Waals surface area contributed by atoms with E-state index in [0.29, 0.717) is 19.1 Å². The Morgan fingerprint density at radius 3 is 2.63 bits per heavy atom. The fraction of sp³-hybridized carbons (Fsp3) is 0.381. The minimum absolute atomic E-state index is 0.0684. The van der Waals surface area contributed by atoms with Crippen molar-refractivity contribution in [2.75, 3.05) is 6.54 Å². The van der Waals surface area contributed by atoms with Gasteiger partial charge in [-0.1, -0.05) is 36.4 Å². The molecule has 0 bridgehead atoms. The molecule has 5 nitrogen and oxygen atoms in total. The maximum atomic E-state index is 12.7. The summed E-state index contributed by atoms with van der Waals surface area (Å²) in [6, 6.07) is 14.3. The van der Waals surface area contributed by atoms with Gasteiger partial charge >= 0.3 is 0 Å². The van der Waals surface area contributed by atoms with E-state index in [-0.39, 0.29) is 24.7 Å². The second kappa shape index (κ2) is 8.05. The number of nitrogens with zero attached hydrogens (tertiary/aromatic N) is 3. The number of hydrogen-bond acceptors (Lipinski definition) is 4. The average Bonchev–Trinajstić information content (AvgIpc) is 3.20. The lowest BCUT2D eigenvalue weighted by Gasteiger charge is -2.22. The molecule has 0 unspecified atom stereocenters. The van der Waals surface area contributed by atoms with Crippen molar-refractivity contribution in [1.29, 1.82) is 0 Å². The van der Waals surface area contributed by atoms with E-state index in [4.69, 9.17) is 0 Å². The van der Waals surface area contributed by atoms with Crippen molar-refractivity contribution in [1.82, 2.24) is 9.91 Å². The lowest BCUT2D eigenvalue weighted by atomic mass is 10.1. The normalized spacial score (nSPS) is 16.3. The van der Waals surface area contributed by atoms with Gasteiger partial charge in [-0.2, -0.15) is 5.10 Å². The molecule has 1 aromatic carbocycles. The van der Waals surface area contributed by atoms with Gasteiger partial charge in [0.15, 0.2) is 0 Å². The van der Waals surface area contributed by atoms with E-state index in [1.807, 2.05) is 46.7 Å². The summed E-state index contributed by atoms with van der Waals surface area (Å²) in [6.45, 7) is 1.26. The smallest absolute Gasteiger partial charge is 0.243 e. The lowest BCUT2D eigenvalue weighted by molar-refractivity contribution is -0.137. The van der Waals surface area contributed by atoms with Crippen molar-refractivity contribution >= 4 is 28.9 Å². The number of benzene rings is 1. The number of rotatable bonds is 7. The van der Waals surface area contributed by atoms with Crippen LogP contribution in [0, 0.1) is 0 Å². The summed E-state index contributed by atoms with van der Waals surface area (Å²) >= 11 is 1.67. The summed E-state index contributed by atoms with van der Waals surface area (Å²) < 4.78 is 0. The topological polar surface area (TPSA) is 53.0 Å². The van der Waals surface area contributed by atoms with Crippen LogP contribution in [0.5, 0.6) is 0 Å². The van der Waals surface area contributed by atoms with Gasteiger partial charge in [0.1, 0.15) is 0 Å². The molecule has 27 heavy (non-hydrogen) atoms. The first-order valence-electron chi connectivity index (χ1n) is 9.46. The number of amides is 2. The largest absolute Gasteiger partial charge is 0.335 e. The summed E-state index contributed by atoms with van der Waals surface area (Å²) in [7, 11) is 0. The Labute approximate surface area is 163 Å². The fourth-order valence-corrected chi connectivity index (χ4v) is 4.04. The monoisotopic (exact) mass is 381 g/mol. The van der Waals surface area contributed by atoms with E-state index < -0.39 is 0 Å². The molecule has 2 heterocycles. The van der Waals surface area contributed by atoms with Crippen LogP contribution in [-0.2, 0) is 16.1 Å². The van der Waals surface area contributed by atoms with Crippen LogP contribution in [0.3, 0.4) is 0 Å². The zero-order chi connectivity index (χ0) is 18.6. The highest BCUT2D eigenvalue weighted by molar-refractivity contribution is 7.09. The Hall–Kier alpha value is -2.47. The summed E-state index contributed by atoms with van der Waals surface area (Å²) in [5.74, 6) is 0.00635. The fourth-order valence-electron chi connectivity index (χ4n) is 3.33. The van der Waals surface area contributed by atoms with E-state index in [0.717, 1.165) is 30.5 Å². The summed E-state index contributed by atoms with van der Waals surface area (Å²) in [5.41, 5.74) is 1.99. The highest BCUT2D eigenvalue weighted by Crippen LogP contribution is 2.30. The first kappa shape index (κ1) is 17.9. The highest BCUT2D eigenvalue weighted by atomic mass is 32.1. The quantitative estimate of drug-likeness (QED) is 0.735. The van der Waals surface area contributed by atoms with Crippen LogP contribution in [0.4, 0.5) is 0 Å². The van der Waals surface area contributed by atoms with Gasteiger partial charge in [-0.3, -0.25) is 9.59 Å². The van der Waals surface area contributed by atoms with Crippen molar-refractivity contribution < 1.29 is 9.59 Å². The molecular formula is C21H23N3O2S. The SMILES string of the molecule is O=C(CCC(=O)N(Cc1cccs1)C1CC1)N1CCC(c2ccccc2)=N1. The van der Waals surface area contributed by atoms with Gasteiger partial charge in [-0.05, 0) is 29.9 Å². The summed E-state index contributed by atoms with van der Waals surface area (Å²) in [5, 5.41) is 8.02. The molecule has 140 valence electrons. The Bertz CT molecular complexity index is 828. The zero-order valence-corrected chi connectivity index (χ0v) is 16.0. The zero-order valence-electron chi connectivity index (χ0n) is 15.2. The van der Waals surface area contributed by atoms with Crippen molar-refractivity contribution in [3.63, 3.8) is 0 Å². The predicted molar refractivity (Wildman–Crippen MR) is 106 cm³/mol. The molecular weight excluding hydrogens is 358 g/mol. The molecule has 1 aliphatic heterocycles. The number of carbonyl (C=O) groups is 2. The van der Waals surface area contributed by atoms with Gasteiger partial charge < -0.3 is 4.90 Å². The molecule has 4 rings (SSSR count). The van der Waals surface area contributed by atoms with E-state index in [9.17, 15) is 9.59 Å². The van der Waals surface area contributed by atoms with E-state index in [1.165, 1.54) is 9.89 Å². The molecule has 1 saturated carbocycles. The van der Waals surface area contributed by atoms with Gasteiger partial charge in [0, 0.05) is 30.2 Å². The van der Waals surface area contributed by atoms with Gasteiger partial charge in [0.25, 0.3) is 0 Å². The van der Waals surface area contributed by atoms with Crippen molar-refractivity contribution in [3.05, 3.63) is 58.3 Å². The molecule has 2 aliphatic rings. The average molecular weight is 382 g/mol. The Morgan fingerprint density at radius 2 is 1.93 bits per heavy atom. The molecule has 2 aromatic rings. The molecule has 6 heteroatoms. The van der Waals surface area contributed by atoms with Crippen molar-refractivity contribution in [3.8, 4) is 0 Å². The van der Waals surface area contributed by atoms with E-state index >= 15 is 0 Å². The second-order valence-corrected chi connectivity index (χ2v) is 8.04. The molecule has 1 aromatic heterocycles. The molecule has 0 N–H and O–H groups in total. The van der Waals surface area contributed by atoms with Crippen LogP contribution in [0.1, 0.15) is 42.5 Å². The summed E-state index contributed by atoms with van der Waals surface area (Å²) in [6.07, 6.45) is 3.38. The van der Waals surface area contributed by atoms with Crippen LogP contribution in [0.15, 0.2) is 52.9 Å². The molecule has 2 amide bonds. The van der Waals surface area contributed by atoms with Crippen molar-refractivity contribution in [2.24, 2.45) is 5.10 Å². The third-order valence-electron chi connectivity index (χ3n) is 4.96. The van der Waals surface area contributed by atoms with Crippen LogP contribution < -0.4 is 0 Å². The molecule has 0 spiro atoms.